The molecular weight excluding hydrogens is 321 g/mol. The molecule has 0 saturated heterocycles. The zero-order valence-corrected chi connectivity index (χ0v) is 13.7. The molecule has 0 spiro atoms. The topological polar surface area (TPSA) is 60.8 Å². The molecule has 0 fully saturated rings. The van der Waals surface area contributed by atoms with E-state index >= 15 is 0 Å². The first-order valence-electron chi connectivity index (χ1n) is 8.52. The van der Waals surface area contributed by atoms with Crippen LogP contribution in [0.2, 0.25) is 0 Å². The van der Waals surface area contributed by atoms with E-state index in [0.29, 0.717) is 19.5 Å². The lowest BCUT2D eigenvalue weighted by atomic mass is 9.76. The smallest absolute Gasteiger partial charge is 0.223 e. The summed E-state index contributed by atoms with van der Waals surface area (Å²) in [4.78, 5) is 14.5. The number of carbonyl (C=O) groups is 1. The van der Waals surface area contributed by atoms with Gasteiger partial charge in [-0.2, -0.15) is 0 Å². The highest BCUT2D eigenvalue weighted by Crippen LogP contribution is 2.39. The van der Waals surface area contributed by atoms with Gasteiger partial charge in [0.2, 0.25) is 5.91 Å². The average molecular weight is 341 g/mol. The van der Waals surface area contributed by atoms with Crippen molar-refractivity contribution >= 4 is 5.91 Å². The maximum atomic E-state index is 13.1. The number of halogens is 1. The van der Waals surface area contributed by atoms with Crippen LogP contribution in [-0.4, -0.2) is 33.2 Å². The van der Waals surface area contributed by atoms with Crippen molar-refractivity contribution in [1.29, 1.82) is 0 Å². The lowest BCUT2D eigenvalue weighted by Gasteiger charge is -2.33. The highest BCUT2D eigenvalue weighted by molar-refractivity contribution is 5.78. The van der Waals surface area contributed by atoms with E-state index in [1.807, 2.05) is 18.2 Å². The summed E-state index contributed by atoms with van der Waals surface area (Å²) in [5.74, 6) is -0.741. The summed E-state index contributed by atoms with van der Waals surface area (Å²) in [5, 5.41) is 20.6. The molecule has 2 aromatic carbocycles. The third kappa shape index (κ3) is 2.94. The van der Waals surface area contributed by atoms with E-state index in [-0.39, 0.29) is 24.1 Å². The van der Waals surface area contributed by atoms with E-state index in [2.05, 4.69) is 0 Å². The molecule has 3 atom stereocenters. The zero-order chi connectivity index (χ0) is 17.6. The number of aliphatic hydroxyl groups is 2. The van der Waals surface area contributed by atoms with Gasteiger partial charge in [-0.25, -0.2) is 4.39 Å². The number of amides is 1. The van der Waals surface area contributed by atoms with E-state index < -0.39 is 12.2 Å². The molecule has 1 amide bonds. The Bertz CT molecular complexity index is 805. The third-order valence-electron chi connectivity index (χ3n) is 5.29. The van der Waals surface area contributed by atoms with Crippen LogP contribution in [-0.2, 0) is 24.3 Å². The summed E-state index contributed by atoms with van der Waals surface area (Å²) in [6.07, 6.45) is -1.19. The molecule has 0 radical (unpaired) electrons. The molecule has 2 aromatic rings. The van der Waals surface area contributed by atoms with Gasteiger partial charge in [0.1, 0.15) is 5.82 Å². The van der Waals surface area contributed by atoms with Gasteiger partial charge >= 0.3 is 0 Å². The Kier molecular flexibility index (Phi) is 4.06. The monoisotopic (exact) mass is 341 g/mol. The molecule has 2 N–H and O–H groups in total. The molecule has 0 bridgehead atoms. The Morgan fingerprint density at radius 3 is 2.52 bits per heavy atom. The number of hydrogen-bond donors (Lipinski definition) is 2. The molecule has 0 aromatic heterocycles. The average Bonchev–Trinajstić information content (AvgIpc) is 2.73. The van der Waals surface area contributed by atoms with Crippen LogP contribution < -0.4 is 0 Å². The van der Waals surface area contributed by atoms with Gasteiger partial charge in [-0.3, -0.25) is 4.79 Å². The van der Waals surface area contributed by atoms with Gasteiger partial charge in [-0.15, -0.1) is 0 Å². The second-order valence-electron chi connectivity index (χ2n) is 6.94. The quantitative estimate of drug-likeness (QED) is 0.880. The zero-order valence-electron chi connectivity index (χ0n) is 13.7. The molecule has 0 saturated carbocycles. The summed E-state index contributed by atoms with van der Waals surface area (Å²) >= 11 is 0. The molecule has 1 aliphatic heterocycles. The Morgan fingerprint density at radius 2 is 1.76 bits per heavy atom. The summed E-state index contributed by atoms with van der Waals surface area (Å²) in [5.41, 5.74) is 3.90. The maximum Gasteiger partial charge on any atom is 0.223 e. The van der Waals surface area contributed by atoms with Crippen molar-refractivity contribution in [3.05, 3.63) is 70.5 Å². The number of benzene rings is 2. The first-order chi connectivity index (χ1) is 12.0. The molecule has 4 nitrogen and oxygen atoms in total. The van der Waals surface area contributed by atoms with E-state index in [1.54, 1.807) is 17.0 Å². The SMILES string of the molecule is O=C1C[C@@H]2c3c(cccc3CN1Cc1ccc(F)cc1)C[C@@H](O)[C@H]2O. The second kappa shape index (κ2) is 6.24. The van der Waals surface area contributed by atoms with Crippen molar-refractivity contribution in [2.45, 2.75) is 44.1 Å². The fourth-order valence-electron chi connectivity index (χ4n) is 4.03. The third-order valence-corrected chi connectivity index (χ3v) is 5.29. The van der Waals surface area contributed by atoms with E-state index in [9.17, 15) is 19.4 Å². The number of rotatable bonds is 2. The van der Waals surface area contributed by atoms with Crippen LogP contribution in [0.4, 0.5) is 4.39 Å². The van der Waals surface area contributed by atoms with Crippen molar-refractivity contribution < 1.29 is 19.4 Å². The van der Waals surface area contributed by atoms with E-state index in [4.69, 9.17) is 0 Å². The summed E-state index contributed by atoms with van der Waals surface area (Å²) in [6.45, 7) is 0.854. The molecule has 1 aliphatic carbocycles. The van der Waals surface area contributed by atoms with Crippen molar-refractivity contribution in [3.63, 3.8) is 0 Å². The first-order valence-corrected chi connectivity index (χ1v) is 8.52. The molecule has 5 heteroatoms. The van der Waals surface area contributed by atoms with Gasteiger partial charge in [0.05, 0.1) is 12.2 Å². The number of hydrogen-bond acceptors (Lipinski definition) is 3. The molecule has 1 heterocycles. The standard InChI is InChI=1S/C20H20FNO3/c21-15-6-4-12(5-7-15)10-22-11-14-3-1-2-13-8-17(23)20(25)16(19(13)14)9-18(22)24/h1-7,16-17,20,23,25H,8-11H2/t16-,17-,20+/m1/s1. The lowest BCUT2D eigenvalue weighted by molar-refractivity contribution is -0.133. The molecule has 25 heavy (non-hydrogen) atoms. The predicted octanol–water partition coefficient (Wildman–Crippen LogP) is 2.12. The first kappa shape index (κ1) is 16.2. The van der Waals surface area contributed by atoms with Crippen LogP contribution in [0.3, 0.4) is 0 Å². The van der Waals surface area contributed by atoms with E-state index in [0.717, 1.165) is 22.3 Å². The van der Waals surface area contributed by atoms with Crippen LogP contribution in [0.25, 0.3) is 0 Å². The maximum absolute atomic E-state index is 13.1. The fraction of sp³-hybridized carbons (Fsp3) is 0.350. The molecule has 130 valence electrons. The van der Waals surface area contributed by atoms with Gasteiger partial charge in [-0.1, -0.05) is 30.3 Å². The highest BCUT2D eigenvalue weighted by Gasteiger charge is 2.40. The van der Waals surface area contributed by atoms with Crippen molar-refractivity contribution in [3.8, 4) is 0 Å². The minimum absolute atomic E-state index is 0.0652. The molecular formula is C20H20FNO3. The number of carbonyl (C=O) groups excluding carboxylic acids is 1. The Hall–Kier alpha value is -2.24. The van der Waals surface area contributed by atoms with Crippen LogP contribution in [0, 0.1) is 5.82 Å². The van der Waals surface area contributed by atoms with Crippen molar-refractivity contribution in [1.82, 2.24) is 4.90 Å². The van der Waals surface area contributed by atoms with Gasteiger partial charge in [-0.05, 0) is 34.4 Å². The fourth-order valence-corrected chi connectivity index (χ4v) is 4.03. The summed E-state index contributed by atoms with van der Waals surface area (Å²) < 4.78 is 13.1. The summed E-state index contributed by atoms with van der Waals surface area (Å²) in [6, 6.07) is 12.0. The van der Waals surface area contributed by atoms with Crippen LogP contribution >= 0.6 is 0 Å². The Morgan fingerprint density at radius 1 is 1.04 bits per heavy atom. The normalized spacial score (nSPS) is 25.5. The largest absolute Gasteiger partial charge is 0.390 e. The summed E-state index contributed by atoms with van der Waals surface area (Å²) in [7, 11) is 0. The Balaban J connectivity index is 1.68. The highest BCUT2D eigenvalue weighted by atomic mass is 19.1. The number of nitrogens with zero attached hydrogens (tertiary/aromatic N) is 1. The van der Waals surface area contributed by atoms with Gasteiger partial charge < -0.3 is 15.1 Å². The number of aliphatic hydroxyl groups excluding tert-OH is 2. The van der Waals surface area contributed by atoms with Crippen LogP contribution in [0.15, 0.2) is 42.5 Å². The van der Waals surface area contributed by atoms with Gasteiger partial charge in [0, 0.05) is 31.8 Å². The molecule has 4 rings (SSSR count). The van der Waals surface area contributed by atoms with Crippen LogP contribution in [0.5, 0.6) is 0 Å². The molecule has 0 unspecified atom stereocenters. The second-order valence-corrected chi connectivity index (χ2v) is 6.94. The Labute approximate surface area is 145 Å². The predicted molar refractivity (Wildman–Crippen MR) is 90.2 cm³/mol. The van der Waals surface area contributed by atoms with Gasteiger partial charge in [0.25, 0.3) is 0 Å². The van der Waals surface area contributed by atoms with E-state index in [1.165, 1.54) is 12.1 Å². The van der Waals surface area contributed by atoms with Crippen molar-refractivity contribution in [2.24, 2.45) is 0 Å². The van der Waals surface area contributed by atoms with Gasteiger partial charge in [0.15, 0.2) is 0 Å². The van der Waals surface area contributed by atoms with Crippen LogP contribution in [0.1, 0.15) is 34.6 Å². The minimum Gasteiger partial charge on any atom is -0.390 e. The molecule has 2 aliphatic rings. The van der Waals surface area contributed by atoms with Crippen molar-refractivity contribution in [2.75, 3.05) is 0 Å². The minimum atomic E-state index is -0.927. The lowest BCUT2D eigenvalue weighted by Crippen LogP contribution is -2.39.